The number of rotatable bonds is 5. The highest BCUT2D eigenvalue weighted by Gasteiger charge is 2.22. The lowest BCUT2D eigenvalue weighted by atomic mass is 9.92. The van der Waals surface area contributed by atoms with Gasteiger partial charge in [0.1, 0.15) is 0 Å². The Morgan fingerprint density at radius 1 is 1.20 bits per heavy atom. The van der Waals surface area contributed by atoms with Crippen LogP contribution >= 0.6 is 0 Å². The summed E-state index contributed by atoms with van der Waals surface area (Å²) in [4.78, 5) is 8.98. The Hall–Kier alpha value is -1.48. The largest absolute Gasteiger partial charge is 0.310 e. The number of benzene rings is 1. The van der Waals surface area contributed by atoms with E-state index >= 15 is 0 Å². The average Bonchev–Trinajstić information content (AvgIpc) is 2.99. The molecule has 0 bridgehead atoms. The summed E-state index contributed by atoms with van der Waals surface area (Å²) in [6.07, 6.45) is 10.4. The molecule has 0 aliphatic heterocycles. The predicted molar refractivity (Wildman–Crippen MR) is 82.5 cm³/mol. The van der Waals surface area contributed by atoms with Crippen LogP contribution in [-0.4, -0.2) is 16.5 Å². The van der Waals surface area contributed by atoms with E-state index in [1.165, 1.54) is 37.7 Å². The van der Waals surface area contributed by atoms with Crippen LogP contribution in [0.2, 0.25) is 0 Å². The van der Waals surface area contributed by atoms with Gasteiger partial charge in [0.25, 0.3) is 0 Å². The summed E-state index contributed by atoms with van der Waals surface area (Å²) in [5.41, 5.74) is 3.36. The molecule has 0 radical (unpaired) electrons. The van der Waals surface area contributed by atoms with Crippen molar-refractivity contribution in [3.63, 3.8) is 0 Å². The van der Waals surface area contributed by atoms with E-state index in [1.807, 2.05) is 6.07 Å². The van der Waals surface area contributed by atoms with Gasteiger partial charge in [-0.05, 0) is 30.5 Å². The standard InChI is InChI=1S/C17H23N3/c1-2-18-16(12-13-6-3-4-7-13)14-8-5-9-15-17(14)20-11-10-19-15/h5,8-11,13,16,18H,2-4,6-7,12H2,1H3. The molecule has 1 fully saturated rings. The summed E-state index contributed by atoms with van der Waals surface area (Å²) in [6.45, 7) is 3.17. The first kappa shape index (κ1) is 13.5. The third-order valence-electron chi connectivity index (χ3n) is 4.40. The van der Waals surface area contributed by atoms with Gasteiger partial charge in [-0.25, -0.2) is 0 Å². The molecule has 0 saturated heterocycles. The van der Waals surface area contributed by atoms with Gasteiger partial charge in [0.05, 0.1) is 11.0 Å². The molecule has 1 heterocycles. The monoisotopic (exact) mass is 269 g/mol. The minimum absolute atomic E-state index is 0.406. The molecule has 1 unspecified atom stereocenters. The Morgan fingerprint density at radius 3 is 2.80 bits per heavy atom. The summed E-state index contributed by atoms with van der Waals surface area (Å²) >= 11 is 0. The van der Waals surface area contributed by atoms with E-state index in [9.17, 15) is 0 Å². The first-order valence-corrected chi connectivity index (χ1v) is 7.81. The van der Waals surface area contributed by atoms with Gasteiger partial charge in [-0.3, -0.25) is 9.97 Å². The molecule has 3 nitrogen and oxygen atoms in total. The second-order valence-corrected chi connectivity index (χ2v) is 5.77. The fourth-order valence-corrected chi connectivity index (χ4v) is 3.44. The number of nitrogens with one attached hydrogen (secondary N) is 1. The SMILES string of the molecule is CCNC(CC1CCCC1)c1cccc2nccnc12. The van der Waals surface area contributed by atoms with Gasteiger partial charge in [-0.1, -0.05) is 44.7 Å². The van der Waals surface area contributed by atoms with Crippen molar-refractivity contribution in [3.8, 4) is 0 Å². The van der Waals surface area contributed by atoms with Crippen molar-refractivity contribution < 1.29 is 0 Å². The highest BCUT2D eigenvalue weighted by atomic mass is 14.9. The van der Waals surface area contributed by atoms with Gasteiger partial charge in [-0.2, -0.15) is 0 Å². The molecule has 2 aromatic rings. The summed E-state index contributed by atoms with van der Waals surface area (Å²) in [5.74, 6) is 0.867. The van der Waals surface area contributed by atoms with Crippen LogP contribution < -0.4 is 5.32 Å². The zero-order chi connectivity index (χ0) is 13.8. The van der Waals surface area contributed by atoms with Gasteiger partial charge in [-0.15, -0.1) is 0 Å². The van der Waals surface area contributed by atoms with E-state index in [1.54, 1.807) is 12.4 Å². The Morgan fingerprint density at radius 2 is 2.00 bits per heavy atom. The molecular formula is C17H23N3. The Kier molecular flexibility index (Phi) is 4.26. The van der Waals surface area contributed by atoms with Crippen LogP contribution in [0.3, 0.4) is 0 Å². The van der Waals surface area contributed by atoms with E-state index in [-0.39, 0.29) is 0 Å². The number of para-hydroxylation sites is 1. The summed E-state index contributed by atoms with van der Waals surface area (Å²) in [5, 5.41) is 3.65. The fourth-order valence-electron chi connectivity index (χ4n) is 3.44. The van der Waals surface area contributed by atoms with E-state index in [4.69, 9.17) is 0 Å². The lowest BCUT2D eigenvalue weighted by Crippen LogP contribution is -2.23. The molecule has 1 aromatic carbocycles. The van der Waals surface area contributed by atoms with Crippen LogP contribution in [0.1, 0.15) is 50.6 Å². The lowest BCUT2D eigenvalue weighted by molar-refractivity contribution is 0.402. The van der Waals surface area contributed by atoms with Crippen molar-refractivity contribution in [2.45, 2.75) is 45.1 Å². The van der Waals surface area contributed by atoms with Crippen LogP contribution in [0.4, 0.5) is 0 Å². The second-order valence-electron chi connectivity index (χ2n) is 5.77. The van der Waals surface area contributed by atoms with Crippen molar-refractivity contribution in [2.75, 3.05) is 6.54 Å². The molecule has 3 heteroatoms. The number of nitrogens with zero attached hydrogens (tertiary/aromatic N) is 2. The average molecular weight is 269 g/mol. The van der Waals surface area contributed by atoms with Crippen LogP contribution in [0, 0.1) is 5.92 Å². The first-order chi connectivity index (χ1) is 9.88. The third kappa shape index (κ3) is 2.83. The maximum absolute atomic E-state index is 4.56. The molecule has 1 saturated carbocycles. The molecule has 1 N–H and O–H groups in total. The zero-order valence-corrected chi connectivity index (χ0v) is 12.2. The molecule has 1 aromatic heterocycles. The molecule has 3 rings (SSSR count). The van der Waals surface area contributed by atoms with Gasteiger partial charge in [0, 0.05) is 18.4 Å². The quantitative estimate of drug-likeness (QED) is 0.895. The first-order valence-electron chi connectivity index (χ1n) is 7.81. The molecular weight excluding hydrogens is 246 g/mol. The summed E-state index contributed by atoms with van der Waals surface area (Å²) < 4.78 is 0. The highest BCUT2D eigenvalue weighted by molar-refractivity contribution is 5.78. The van der Waals surface area contributed by atoms with E-state index in [2.05, 4.69) is 34.3 Å². The van der Waals surface area contributed by atoms with Crippen LogP contribution in [0.5, 0.6) is 0 Å². The number of fused-ring (bicyclic) bond motifs is 1. The molecule has 0 spiro atoms. The van der Waals surface area contributed by atoms with Crippen molar-refractivity contribution >= 4 is 11.0 Å². The number of aromatic nitrogens is 2. The van der Waals surface area contributed by atoms with Crippen molar-refractivity contribution in [1.82, 2.24) is 15.3 Å². The Bertz CT molecular complexity index is 556. The smallest absolute Gasteiger partial charge is 0.0934 e. The highest BCUT2D eigenvalue weighted by Crippen LogP contribution is 2.34. The van der Waals surface area contributed by atoms with Gasteiger partial charge in [0.15, 0.2) is 0 Å². The fraction of sp³-hybridized carbons (Fsp3) is 0.529. The van der Waals surface area contributed by atoms with Crippen molar-refractivity contribution in [2.24, 2.45) is 5.92 Å². The molecule has 20 heavy (non-hydrogen) atoms. The molecule has 1 atom stereocenters. The Balaban J connectivity index is 1.91. The van der Waals surface area contributed by atoms with Gasteiger partial charge in [0.2, 0.25) is 0 Å². The normalized spacial score (nSPS) is 17.6. The zero-order valence-electron chi connectivity index (χ0n) is 12.2. The van der Waals surface area contributed by atoms with E-state index in [0.717, 1.165) is 23.5 Å². The maximum atomic E-state index is 4.56. The minimum Gasteiger partial charge on any atom is -0.310 e. The third-order valence-corrected chi connectivity index (χ3v) is 4.40. The maximum Gasteiger partial charge on any atom is 0.0934 e. The topological polar surface area (TPSA) is 37.8 Å². The van der Waals surface area contributed by atoms with Crippen molar-refractivity contribution in [1.29, 1.82) is 0 Å². The number of hydrogen-bond donors (Lipinski definition) is 1. The summed E-state index contributed by atoms with van der Waals surface area (Å²) in [7, 11) is 0. The minimum atomic E-state index is 0.406. The van der Waals surface area contributed by atoms with E-state index in [0.29, 0.717) is 6.04 Å². The van der Waals surface area contributed by atoms with Gasteiger partial charge < -0.3 is 5.32 Å². The molecule has 0 amide bonds. The molecule has 1 aliphatic rings. The van der Waals surface area contributed by atoms with Crippen LogP contribution in [0.15, 0.2) is 30.6 Å². The van der Waals surface area contributed by atoms with Crippen LogP contribution in [-0.2, 0) is 0 Å². The summed E-state index contributed by atoms with van der Waals surface area (Å²) in [6, 6.07) is 6.76. The number of hydrogen-bond acceptors (Lipinski definition) is 3. The lowest BCUT2D eigenvalue weighted by Gasteiger charge is -2.22. The molecule has 1 aliphatic carbocycles. The van der Waals surface area contributed by atoms with Crippen LogP contribution in [0.25, 0.3) is 11.0 Å². The van der Waals surface area contributed by atoms with E-state index < -0.39 is 0 Å². The Labute approximate surface area is 120 Å². The molecule has 106 valence electrons. The van der Waals surface area contributed by atoms with Gasteiger partial charge >= 0.3 is 0 Å². The van der Waals surface area contributed by atoms with Crippen molar-refractivity contribution in [3.05, 3.63) is 36.2 Å². The second kappa shape index (κ2) is 6.31. The predicted octanol–water partition coefficient (Wildman–Crippen LogP) is 3.86.